The van der Waals surface area contributed by atoms with E-state index in [1.165, 1.54) is 6.07 Å². The molecule has 2 heterocycles. The van der Waals surface area contributed by atoms with Crippen LogP contribution in [0, 0.1) is 5.82 Å². The number of benzene rings is 2. The van der Waals surface area contributed by atoms with Gasteiger partial charge in [0.25, 0.3) is 5.91 Å². The Balaban J connectivity index is 1.67. The summed E-state index contributed by atoms with van der Waals surface area (Å²) in [6.07, 6.45) is 1.69. The topological polar surface area (TPSA) is 46.9 Å². The summed E-state index contributed by atoms with van der Waals surface area (Å²) in [6.45, 7) is 0.618. The number of carbonyl (C=O) groups excluding carboxylic acids is 1. The number of halogens is 1. The molecule has 4 nitrogen and oxygen atoms in total. The number of nitrogens with one attached hydrogen (secondary N) is 1. The van der Waals surface area contributed by atoms with Crippen LogP contribution in [0.25, 0.3) is 10.9 Å². The molecule has 0 spiro atoms. The molecular weight excluding hydrogens is 341 g/mol. The van der Waals surface area contributed by atoms with E-state index in [1.807, 2.05) is 53.1 Å². The molecule has 0 radical (unpaired) electrons. The molecule has 5 heteroatoms. The Morgan fingerprint density at radius 1 is 1.00 bits per heavy atom. The largest absolute Gasteiger partial charge is 0.345 e. The molecule has 0 aliphatic rings. The Morgan fingerprint density at radius 2 is 1.78 bits per heavy atom. The summed E-state index contributed by atoms with van der Waals surface area (Å²) >= 11 is 0. The van der Waals surface area contributed by atoms with Crippen molar-refractivity contribution in [2.75, 3.05) is 0 Å². The Hall–Kier alpha value is -3.47. The van der Waals surface area contributed by atoms with Crippen LogP contribution < -0.4 is 5.32 Å². The van der Waals surface area contributed by atoms with Crippen molar-refractivity contribution in [3.63, 3.8) is 0 Å². The molecule has 2 aromatic heterocycles. The van der Waals surface area contributed by atoms with Crippen molar-refractivity contribution in [2.24, 2.45) is 0 Å². The highest BCUT2D eigenvalue weighted by atomic mass is 19.1. The third kappa shape index (κ3) is 3.58. The number of amides is 1. The third-order valence-electron chi connectivity index (χ3n) is 4.49. The fourth-order valence-electron chi connectivity index (χ4n) is 3.13. The molecule has 0 bridgehead atoms. The Kier molecular flexibility index (Phi) is 4.66. The first-order valence-corrected chi connectivity index (χ1v) is 8.72. The standard InChI is InChI=1S/C22H18FN3O/c23-19-10-3-1-8-17(19)15-26-20-11-4-2-7-16(20)13-21(26)22(27)25-14-18-9-5-6-12-24-18/h1-13H,14-15H2,(H,25,27). The van der Waals surface area contributed by atoms with Gasteiger partial charge in [0.05, 0.1) is 18.8 Å². The second-order valence-corrected chi connectivity index (χ2v) is 6.27. The lowest BCUT2D eigenvalue weighted by Gasteiger charge is -2.12. The lowest BCUT2D eigenvalue weighted by molar-refractivity contribution is 0.0942. The first kappa shape index (κ1) is 17.0. The van der Waals surface area contributed by atoms with Crippen LogP contribution in [0.3, 0.4) is 0 Å². The van der Waals surface area contributed by atoms with Crippen molar-refractivity contribution in [1.82, 2.24) is 14.9 Å². The molecule has 0 saturated heterocycles. The van der Waals surface area contributed by atoms with Gasteiger partial charge in [-0.25, -0.2) is 4.39 Å². The van der Waals surface area contributed by atoms with Crippen molar-refractivity contribution < 1.29 is 9.18 Å². The number of hydrogen-bond acceptors (Lipinski definition) is 2. The van der Waals surface area contributed by atoms with Gasteiger partial charge in [0.1, 0.15) is 11.5 Å². The van der Waals surface area contributed by atoms with Crippen LogP contribution in [-0.2, 0) is 13.1 Å². The number of aromatic nitrogens is 2. The summed E-state index contributed by atoms with van der Waals surface area (Å²) in [5.74, 6) is -0.497. The van der Waals surface area contributed by atoms with Crippen molar-refractivity contribution in [1.29, 1.82) is 0 Å². The molecule has 0 aliphatic heterocycles. The smallest absolute Gasteiger partial charge is 0.268 e. The normalized spacial score (nSPS) is 10.9. The van der Waals surface area contributed by atoms with Crippen molar-refractivity contribution in [3.05, 3.63) is 102 Å². The predicted molar refractivity (Wildman–Crippen MR) is 103 cm³/mol. The fourth-order valence-corrected chi connectivity index (χ4v) is 3.13. The molecule has 4 aromatic rings. The van der Waals surface area contributed by atoms with Crippen LogP contribution in [0.5, 0.6) is 0 Å². The molecule has 27 heavy (non-hydrogen) atoms. The predicted octanol–water partition coefficient (Wildman–Crippen LogP) is 4.15. The molecule has 0 atom stereocenters. The minimum atomic E-state index is -0.282. The van der Waals surface area contributed by atoms with E-state index in [4.69, 9.17) is 0 Å². The maximum absolute atomic E-state index is 14.2. The molecular formula is C22H18FN3O. The number of fused-ring (bicyclic) bond motifs is 1. The van der Waals surface area contributed by atoms with E-state index >= 15 is 0 Å². The van der Waals surface area contributed by atoms with E-state index in [0.29, 0.717) is 17.8 Å². The fraction of sp³-hybridized carbons (Fsp3) is 0.0909. The summed E-state index contributed by atoms with van der Waals surface area (Å²) in [4.78, 5) is 17.0. The maximum Gasteiger partial charge on any atom is 0.268 e. The minimum Gasteiger partial charge on any atom is -0.345 e. The van der Waals surface area contributed by atoms with Gasteiger partial charge in [0, 0.05) is 22.7 Å². The zero-order chi connectivity index (χ0) is 18.6. The Morgan fingerprint density at radius 3 is 2.59 bits per heavy atom. The van der Waals surface area contributed by atoms with Crippen LogP contribution in [-0.4, -0.2) is 15.5 Å². The summed E-state index contributed by atoms with van der Waals surface area (Å²) in [6, 6.07) is 21.7. The summed E-state index contributed by atoms with van der Waals surface area (Å²) in [5.41, 5.74) is 2.71. The quantitative estimate of drug-likeness (QED) is 0.582. The zero-order valence-electron chi connectivity index (χ0n) is 14.6. The Labute approximate surface area is 156 Å². The summed E-state index contributed by atoms with van der Waals surface area (Å²) < 4.78 is 16.0. The second-order valence-electron chi connectivity index (χ2n) is 6.27. The van der Waals surface area contributed by atoms with Gasteiger partial charge in [-0.1, -0.05) is 42.5 Å². The number of carbonyl (C=O) groups is 1. The van der Waals surface area contributed by atoms with E-state index in [9.17, 15) is 9.18 Å². The van der Waals surface area contributed by atoms with E-state index in [1.54, 1.807) is 24.4 Å². The molecule has 0 unspecified atom stereocenters. The van der Waals surface area contributed by atoms with Crippen LogP contribution in [0.2, 0.25) is 0 Å². The van der Waals surface area contributed by atoms with Crippen LogP contribution in [0.15, 0.2) is 79.0 Å². The second kappa shape index (κ2) is 7.41. The molecule has 0 saturated carbocycles. The van der Waals surface area contributed by atoms with Gasteiger partial charge in [-0.2, -0.15) is 0 Å². The highest BCUT2D eigenvalue weighted by Crippen LogP contribution is 2.22. The minimum absolute atomic E-state index is 0.215. The Bertz CT molecular complexity index is 1090. The van der Waals surface area contributed by atoms with Gasteiger partial charge in [0.2, 0.25) is 0 Å². The number of hydrogen-bond donors (Lipinski definition) is 1. The van der Waals surface area contributed by atoms with Crippen LogP contribution in [0.4, 0.5) is 4.39 Å². The van der Waals surface area contributed by atoms with E-state index in [0.717, 1.165) is 16.6 Å². The number of nitrogens with zero attached hydrogens (tertiary/aromatic N) is 2. The number of para-hydroxylation sites is 1. The third-order valence-corrected chi connectivity index (χ3v) is 4.49. The SMILES string of the molecule is O=C(NCc1ccccn1)c1cc2ccccc2n1Cc1ccccc1F. The average Bonchev–Trinajstić information content (AvgIpc) is 3.07. The van der Waals surface area contributed by atoms with Gasteiger partial charge < -0.3 is 9.88 Å². The molecule has 0 aliphatic carbocycles. The van der Waals surface area contributed by atoms with E-state index < -0.39 is 0 Å². The van der Waals surface area contributed by atoms with Crippen molar-refractivity contribution in [2.45, 2.75) is 13.1 Å². The molecule has 2 aromatic carbocycles. The van der Waals surface area contributed by atoms with Gasteiger partial charge in [0.15, 0.2) is 0 Å². The lowest BCUT2D eigenvalue weighted by atomic mass is 10.2. The number of pyridine rings is 1. The maximum atomic E-state index is 14.2. The van der Waals surface area contributed by atoms with Crippen molar-refractivity contribution >= 4 is 16.8 Å². The lowest BCUT2D eigenvalue weighted by Crippen LogP contribution is -2.26. The number of rotatable bonds is 5. The van der Waals surface area contributed by atoms with Gasteiger partial charge >= 0.3 is 0 Å². The van der Waals surface area contributed by atoms with Gasteiger partial charge in [-0.05, 0) is 30.3 Å². The summed E-state index contributed by atoms with van der Waals surface area (Å²) in [5, 5.41) is 3.84. The monoisotopic (exact) mass is 359 g/mol. The molecule has 1 N–H and O–H groups in total. The molecule has 134 valence electrons. The van der Waals surface area contributed by atoms with Gasteiger partial charge in [-0.3, -0.25) is 9.78 Å². The van der Waals surface area contributed by atoms with Crippen molar-refractivity contribution in [3.8, 4) is 0 Å². The molecule has 0 fully saturated rings. The molecule has 1 amide bonds. The van der Waals surface area contributed by atoms with Crippen LogP contribution >= 0.6 is 0 Å². The van der Waals surface area contributed by atoms with Crippen LogP contribution in [0.1, 0.15) is 21.7 Å². The van der Waals surface area contributed by atoms with E-state index in [-0.39, 0.29) is 18.3 Å². The zero-order valence-corrected chi connectivity index (χ0v) is 14.6. The van der Waals surface area contributed by atoms with E-state index in [2.05, 4.69) is 10.3 Å². The first-order chi connectivity index (χ1) is 13.2. The summed E-state index contributed by atoms with van der Waals surface area (Å²) in [7, 11) is 0. The highest BCUT2D eigenvalue weighted by molar-refractivity contribution is 5.98. The highest BCUT2D eigenvalue weighted by Gasteiger charge is 2.16. The average molecular weight is 359 g/mol. The van der Waals surface area contributed by atoms with Gasteiger partial charge in [-0.15, -0.1) is 0 Å². The first-order valence-electron chi connectivity index (χ1n) is 8.72. The molecule has 4 rings (SSSR count).